The minimum absolute atomic E-state index is 0.0567. The maximum Gasteiger partial charge on any atom is 0.243 e. The van der Waals surface area contributed by atoms with Crippen LogP contribution in [-0.4, -0.2) is 23.4 Å². The van der Waals surface area contributed by atoms with Crippen molar-refractivity contribution in [2.75, 3.05) is 6.54 Å². The van der Waals surface area contributed by atoms with Gasteiger partial charge in [0.15, 0.2) is 0 Å². The van der Waals surface area contributed by atoms with Crippen molar-refractivity contribution in [2.24, 2.45) is 11.3 Å². The normalized spacial score (nSPS) is 20.7. The predicted octanol–water partition coefficient (Wildman–Crippen LogP) is 2.96. The molecule has 1 aliphatic heterocycles. The molecule has 1 heterocycles. The van der Waals surface area contributed by atoms with Crippen LogP contribution in [-0.2, 0) is 4.79 Å². The van der Waals surface area contributed by atoms with Gasteiger partial charge in [0.05, 0.1) is 6.07 Å². The monoisotopic (exact) mass is 236 g/mol. The van der Waals surface area contributed by atoms with Crippen molar-refractivity contribution in [1.82, 2.24) is 4.90 Å². The Morgan fingerprint density at radius 2 is 2.06 bits per heavy atom. The zero-order chi connectivity index (χ0) is 13.1. The molecule has 3 nitrogen and oxygen atoms in total. The molecule has 1 rings (SSSR count). The lowest BCUT2D eigenvalue weighted by Crippen LogP contribution is -2.46. The van der Waals surface area contributed by atoms with Crippen molar-refractivity contribution >= 4 is 5.91 Å². The van der Waals surface area contributed by atoms with E-state index in [1.807, 2.05) is 18.7 Å². The van der Waals surface area contributed by atoms with Gasteiger partial charge in [-0.3, -0.25) is 4.79 Å². The number of carbonyl (C=O) groups is 1. The van der Waals surface area contributed by atoms with Gasteiger partial charge in [-0.05, 0) is 31.6 Å². The van der Waals surface area contributed by atoms with Gasteiger partial charge in [0, 0.05) is 12.6 Å². The van der Waals surface area contributed by atoms with E-state index in [9.17, 15) is 10.1 Å². The SMILES string of the molecule is CCC(C#N)(CC)C(=O)N1CCCC1C(C)C. The lowest BCUT2D eigenvalue weighted by molar-refractivity contribution is -0.141. The standard InChI is InChI=1S/C14H24N2O/c1-5-14(6-2,10-15)13(17)16-9-7-8-12(16)11(3)4/h11-12H,5-9H2,1-4H3. The number of nitrogens with zero attached hydrogens (tertiary/aromatic N) is 2. The number of hydrogen-bond acceptors (Lipinski definition) is 2. The summed E-state index contributed by atoms with van der Waals surface area (Å²) >= 11 is 0. The third kappa shape index (κ3) is 2.46. The van der Waals surface area contributed by atoms with Gasteiger partial charge < -0.3 is 4.90 Å². The summed E-state index contributed by atoms with van der Waals surface area (Å²) in [6.07, 6.45) is 3.38. The molecule has 0 radical (unpaired) electrons. The Hall–Kier alpha value is -1.04. The maximum absolute atomic E-state index is 12.6. The highest BCUT2D eigenvalue weighted by atomic mass is 16.2. The first-order valence-corrected chi connectivity index (χ1v) is 6.74. The highest BCUT2D eigenvalue weighted by Gasteiger charge is 2.42. The molecule has 0 aromatic rings. The molecule has 0 N–H and O–H groups in total. The van der Waals surface area contributed by atoms with E-state index in [1.54, 1.807) is 0 Å². The largest absolute Gasteiger partial charge is 0.338 e. The number of rotatable bonds is 4. The van der Waals surface area contributed by atoms with E-state index in [0.29, 0.717) is 24.8 Å². The van der Waals surface area contributed by atoms with Crippen molar-refractivity contribution in [3.63, 3.8) is 0 Å². The van der Waals surface area contributed by atoms with E-state index in [2.05, 4.69) is 19.9 Å². The summed E-state index contributed by atoms with van der Waals surface area (Å²) in [4.78, 5) is 14.5. The van der Waals surface area contributed by atoms with Crippen LogP contribution in [0.3, 0.4) is 0 Å². The van der Waals surface area contributed by atoms with Gasteiger partial charge in [0.2, 0.25) is 5.91 Å². The summed E-state index contributed by atoms with van der Waals surface area (Å²) in [5, 5.41) is 9.33. The number of carbonyl (C=O) groups excluding carboxylic acids is 1. The highest BCUT2D eigenvalue weighted by molar-refractivity contribution is 5.86. The molecule has 1 atom stereocenters. The van der Waals surface area contributed by atoms with Crippen LogP contribution >= 0.6 is 0 Å². The minimum Gasteiger partial charge on any atom is -0.338 e. The molecule has 1 unspecified atom stereocenters. The van der Waals surface area contributed by atoms with Gasteiger partial charge in [-0.2, -0.15) is 5.26 Å². The Morgan fingerprint density at radius 3 is 2.47 bits per heavy atom. The molecule has 0 aliphatic carbocycles. The Kier molecular flexibility index (Phi) is 4.56. The number of likely N-dealkylation sites (tertiary alicyclic amines) is 1. The van der Waals surface area contributed by atoms with Crippen LogP contribution in [0, 0.1) is 22.7 Å². The third-order valence-corrected chi connectivity index (χ3v) is 4.16. The van der Waals surface area contributed by atoms with Crippen LogP contribution in [0.5, 0.6) is 0 Å². The van der Waals surface area contributed by atoms with Crippen molar-refractivity contribution in [1.29, 1.82) is 5.26 Å². The molecule has 96 valence electrons. The average molecular weight is 236 g/mol. The molecular formula is C14H24N2O. The number of amides is 1. The zero-order valence-electron chi connectivity index (χ0n) is 11.5. The van der Waals surface area contributed by atoms with Crippen LogP contribution in [0.15, 0.2) is 0 Å². The smallest absolute Gasteiger partial charge is 0.243 e. The van der Waals surface area contributed by atoms with Crippen molar-refractivity contribution < 1.29 is 4.79 Å². The summed E-state index contributed by atoms with van der Waals surface area (Å²) in [5.74, 6) is 0.535. The highest BCUT2D eigenvalue weighted by Crippen LogP contribution is 2.33. The molecule has 1 saturated heterocycles. The van der Waals surface area contributed by atoms with Gasteiger partial charge >= 0.3 is 0 Å². The van der Waals surface area contributed by atoms with E-state index in [0.717, 1.165) is 19.4 Å². The molecule has 1 amide bonds. The summed E-state index contributed by atoms with van der Waals surface area (Å²) in [6.45, 7) is 9.01. The first-order chi connectivity index (χ1) is 8.02. The Balaban J connectivity index is 2.92. The van der Waals surface area contributed by atoms with Gasteiger partial charge in [0.1, 0.15) is 5.41 Å². The van der Waals surface area contributed by atoms with Crippen LogP contribution in [0.4, 0.5) is 0 Å². The topological polar surface area (TPSA) is 44.1 Å². The second kappa shape index (κ2) is 5.53. The van der Waals surface area contributed by atoms with Crippen LogP contribution in [0.2, 0.25) is 0 Å². The van der Waals surface area contributed by atoms with E-state index in [-0.39, 0.29) is 5.91 Å². The van der Waals surface area contributed by atoms with E-state index < -0.39 is 5.41 Å². The molecule has 0 spiro atoms. The second-order valence-electron chi connectivity index (χ2n) is 5.35. The predicted molar refractivity (Wildman–Crippen MR) is 68.2 cm³/mol. The van der Waals surface area contributed by atoms with Gasteiger partial charge in [-0.15, -0.1) is 0 Å². The number of hydrogen-bond donors (Lipinski definition) is 0. The van der Waals surface area contributed by atoms with Crippen LogP contribution < -0.4 is 0 Å². The first kappa shape index (κ1) is 14.0. The van der Waals surface area contributed by atoms with Gasteiger partial charge in [0.25, 0.3) is 0 Å². The molecule has 0 aromatic heterocycles. The summed E-state index contributed by atoms with van der Waals surface area (Å²) < 4.78 is 0. The number of nitriles is 1. The third-order valence-electron chi connectivity index (χ3n) is 4.16. The van der Waals surface area contributed by atoms with E-state index >= 15 is 0 Å². The lowest BCUT2D eigenvalue weighted by Gasteiger charge is -2.34. The molecule has 0 saturated carbocycles. The molecule has 0 aromatic carbocycles. The van der Waals surface area contributed by atoms with Crippen LogP contribution in [0.25, 0.3) is 0 Å². The molecule has 17 heavy (non-hydrogen) atoms. The molecule has 3 heteroatoms. The molecule has 1 fully saturated rings. The quantitative estimate of drug-likeness (QED) is 0.753. The van der Waals surface area contributed by atoms with Crippen molar-refractivity contribution in [2.45, 2.75) is 59.4 Å². The van der Waals surface area contributed by atoms with E-state index in [4.69, 9.17) is 0 Å². The van der Waals surface area contributed by atoms with Crippen molar-refractivity contribution in [3.8, 4) is 6.07 Å². The fourth-order valence-corrected chi connectivity index (χ4v) is 2.77. The van der Waals surface area contributed by atoms with Gasteiger partial charge in [-0.25, -0.2) is 0 Å². The van der Waals surface area contributed by atoms with Gasteiger partial charge in [-0.1, -0.05) is 27.7 Å². The fraction of sp³-hybridized carbons (Fsp3) is 0.857. The lowest BCUT2D eigenvalue weighted by atomic mass is 9.82. The van der Waals surface area contributed by atoms with E-state index in [1.165, 1.54) is 0 Å². The van der Waals surface area contributed by atoms with Crippen LogP contribution in [0.1, 0.15) is 53.4 Å². The Labute approximate surface area is 105 Å². The summed E-state index contributed by atoms with van der Waals surface area (Å²) in [7, 11) is 0. The second-order valence-corrected chi connectivity index (χ2v) is 5.35. The molecule has 1 aliphatic rings. The Morgan fingerprint density at radius 1 is 1.47 bits per heavy atom. The maximum atomic E-state index is 12.6. The van der Waals surface area contributed by atoms with Crippen molar-refractivity contribution in [3.05, 3.63) is 0 Å². The minimum atomic E-state index is -0.794. The summed E-state index contributed by atoms with van der Waals surface area (Å²) in [6, 6.07) is 2.59. The molecular weight excluding hydrogens is 212 g/mol. The average Bonchev–Trinajstić information content (AvgIpc) is 2.80. The molecule has 0 bridgehead atoms. The Bertz CT molecular complexity index is 313. The zero-order valence-corrected chi connectivity index (χ0v) is 11.5. The summed E-state index contributed by atoms with van der Waals surface area (Å²) in [5.41, 5.74) is -0.794. The fourth-order valence-electron chi connectivity index (χ4n) is 2.77. The first-order valence-electron chi connectivity index (χ1n) is 6.74.